The number of rotatable bonds is 1. The average molecular weight is 381 g/mol. The van der Waals surface area contributed by atoms with Crippen molar-refractivity contribution in [2.24, 2.45) is 0 Å². The molecule has 0 unspecified atom stereocenters. The van der Waals surface area contributed by atoms with Gasteiger partial charge in [0.05, 0.1) is 15.4 Å². The molecule has 2 rings (SSSR count). The lowest BCUT2D eigenvalue weighted by Crippen LogP contribution is -2.03. The van der Waals surface area contributed by atoms with E-state index in [0.29, 0.717) is 11.9 Å². The molecule has 6 heteroatoms. The van der Waals surface area contributed by atoms with Crippen molar-refractivity contribution in [1.82, 2.24) is 14.8 Å². The van der Waals surface area contributed by atoms with Gasteiger partial charge in [-0.15, -0.1) is 0 Å². The number of halogens is 2. The Morgan fingerprint density at radius 2 is 2.20 bits per heavy atom. The van der Waals surface area contributed by atoms with Crippen molar-refractivity contribution in [3.05, 3.63) is 14.4 Å². The van der Waals surface area contributed by atoms with Crippen LogP contribution in [0.2, 0.25) is 0 Å². The van der Waals surface area contributed by atoms with E-state index in [9.17, 15) is 0 Å². The highest BCUT2D eigenvalue weighted by atomic mass is 127. The minimum atomic E-state index is 0.300. The van der Waals surface area contributed by atoms with Crippen LogP contribution < -0.4 is 5.73 Å². The van der Waals surface area contributed by atoms with E-state index in [1.54, 1.807) is 6.20 Å². The van der Waals surface area contributed by atoms with Crippen molar-refractivity contribution < 1.29 is 0 Å². The summed E-state index contributed by atoms with van der Waals surface area (Å²) in [7, 11) is 0. The summed E-state index contributed by atoms with van der Waals surface area (Å²) in [6.45, 7) is 4.18. The number of hydrogen-bond donors (Lipinski definition) is 1. The van der Waals surface area contributed by atoms with E-state index in [2.05, 4.69) is 62.5 Å². The first-order valence-corrected chi connectivity index (χ1v) is 6.37. The van der Waals surface area contributed by atoms with Crippen LogP contribution in [0.5, 0.6) is 0 Å². The average Bonchev–Trinajstić information content (AvgIpc) is 2.51. The molecular weight excluding hydrogens is 371 g/mol. The fourth-order valence-corrected chi connectivity index (χ4v) is 2.73. The van der Waals surface area contributed by atoms with Crippen LogP contribution in [0.15, 0.2) is 10.7 Å². The second kappa shape index (κ2) is 3.89. The Balaban J connectivity index is 2.92. The number of nitrogens with zero attached hydrogens (tertiary/aromatic N) is 3. The zero-order valence-corrected chi connectivity index (χ0v) is 12.1. The van der Waals surface area contributed by atoms with Gasteiger partial charge >= 0.3 is 0 Å². The van der Waals surface area contributed by atoms with E-state index < -0.39 is 0 Å². The third-order valence-electron chi connectivity index (χ3n) is 2.16. The molecule has 2 aromatic heterocycles. The lowest BCUT2D eigenvalue weighted by Gasteiger charge is -2.08. The molecule has 0 fully saturated rings. The Labute approximate surface area is 110 Å². The first-order valence-electron chi connectivity index (χ1n) is 4.50. The highest BCUT2D eigenvalue weighted by Gasteiger charge is 2.16. The first-order chi connectivity index (χ1) is 7.02. The van der Waals surface area contributed by atoms with Gasteiger partial charge in [0.2, 0.25) is 0 Å². The summed E-state index contributed by atoms with van der Waals surface area (Å²) in [4.78, 5) is 4.11. The predicted octanol–water partition coefficient (Wildman–Crippen LogP) is 2.96. The molecular formula is C9H10BrIN4. The molecule has 0 bridgehead atoms. The van der Waals surface area contributed by atoms with Crippen LogP contribution in [0.4, 0.5) is 5.82 Å². The SMILES string of the molecule is CC(C)n1nc(I)c2c(N)ncc(Br)c21. The van der Waals surface area contributed by atoms with Gasteiger partial charge in [-0.05, 0) is 52.4 Å². The molecule has 0 aliphatic carbocycles. The lowest BCUT2D eigenvalue weighted by molar-refractivity contribution is 0.547. The molecule has 80 valence electrons. The minimum Gasteiger partial charge on any atom is -0.383 e. The van der Waals surface area contributed by atoms with Crippen LogP contribution in [-0.2, 0) is 0 Å². The Kier molecular flexibility index (Phi) is 2.89. The number of anilines is 1. The molecule has 15 heavy (non-hydrogen) atoms. The van der Waals surface area contributed by atoms with Gasteiger partial charge in [-0.2, -0.15) is 5.10 Å². The third kappa shape index (κ3) is 1.73. The van der Waals surface area contributed by atoms with Crippen LogP contribution in [0, 0.1) is 3.70 Å². The van der Waals surface area contributed by atoms with Crippen molar-refractivity contribution in [3.8, 4) is 0 Å². The highest BCUT2D eigenvalue weighted by molar-refractivity contribution is 14.1. The molecule has 0 spiro atoms. The van der Waals surface area contributed by atoms with Gasteiger partial charge in [-0.1, -0.05) is 0 Å². The van der Waals surface area contributed by atoms with Crippen molar-refractivity contribution in [2.75, 3.05) is 5.73 Å². The van der Waals surface area contributed by atoms with Crippen LogP contribution in [0.25, 0.3) is 10.9 Å². The van der Waals surface area contributed by atoms with Gasteiger partial charge in [0.25, 0.3) is 0 Å². The largest absolute Gasteiger partial charge is 0.383 e. The van der Waals surface area contributed by atoms with E-state index in [0.717, 1.165) is 19.1 Å². The molecule has 0 aliphatic heterocycles. The molecule has 0 radical (unpaired) electrons. The number of aromatic nitrogens is 3. The summed E-state index contributed by atoms with van der Waals surface area (Å²) in [6.07, 6.45) is 1.72. The third-order valence-corrected chi connectivity index (χ3v) is 3.49. The van der Waals surface area contributed by atoms with Crippen LogP contribution in [-0.4, -0.2) is 14.8 Å². The monoisotopic (exact) mass is 380 g/mol. The van der Waals surface area contributed by atoms with E-state index in [4.69, 9.17) is 5.73 Å². The van der Waals surface area contributed by atoms with Gasteiger partial charge in [0, 0.05) is 12.2 Å². The summed E-state index contributed by atoms with van der Waals surface area (Å²) in [5.74, 6) is 0.532. The van der Waals surface area contributed by atoms with Gasteiger partial charge in [-0.25, -0.2) is 4.98 Å². The van der Waals surface area contributed by atoms with E-state index in [1.807, 2.05) is 4.68 Å². The van der Waals surface area contributed by atoms with Crippen molar-refractivity contribution >= 4 is 55.2 Å². The number of fused-ring (bicyclic) bond motifs is 1. The molecule has 0 saturated heterocycles. The zero-order chi connectivity index (χ0) is 11.2. The predicted molar refractivity (Wildman–Crippen MR) is 72.7 cm³/mol. The van der Waals surface area contributed by atoms with Crippen molar-refractivity contribution in [1.29, 1.82) is 0 Å². The summed E-state index contributed by atoms with van der Waals surface area (Å²) in [5.41, 5.74) is 6.86. The molecule has 0 saturated carbocycles. The normalized spacial score (nSPS) is 11.5. The van der Waals surface area contributed by atoms with Crippen LogP contribution >= 0.6 is 38.5 Å². The number of nitrogen functional groups attached to an aromatic ring is 1. The fraction of sp³-hybridized carbons (Fsp3) is 0.333. The lowest BCUT2D eigenvalue weighted by atomic mass is 10.3. The van der Waals surface area contributed by atoms with Crippen LogP contribution in [0.1, 0.15) is 19.9 Å². The smallest absolute Gasteiger partial charge is 0.135 e. The van der Waals surface area contributed by atoms with Crippen molar-refractivity contribution in [2.45, 2.75) is 19.9 Å². The standard InChI is InChI=1S/C9H10BrIN4/c1-4(2)15-7-5(10)3-13-9(12)6(7)8(11)14-15/h3-4H,1-2H3,(H2,12,13). The summed E-state index contributed by atoms with van der Waals surface area (Å²) in [6, 6.07) is 0.300. The highest BCUT2D eigenvalue weighted by Crippen LogP contribution is 2.31. The van der Waals surface area contributed by atoms with Gasteiger partial charge in [0.1, 0.15) is 9.52 Å². The van der Waals surface area contributed by atoms with E-state index in [1.165, 1.54) is 0 Å². The zero-order valence-electron chi connectivity index (χ0n) is 8.33. The molecule has 2 heterocycles. The summed E-state index contributed by atoms with van der Waals surface area (Å²) in [5, 5.41) is 5.39. The molecule has 0 amide bonds. The number of pyridine rings is 1. The fourth-order valence-electron chi connectivity index (χ4n) is 1.49. The Hall–Kier alpha value is -0.370. The number of hydrogen-bond acceptors (Lipinski definition) is 3. The first kappa shape index (κ1) is 11.1. The summed E-state index contributed by atoms with van der Waals surface area (Å²) < 4.78 is 3.78. The quantitative estimate of drug-likeness (QED) is 0.774. The molecule has 0 aliphatic rings. The second-order valence-electron chi connectivity index (χ2n) is 3.54. The second-order valence-corrected chi connectivity index (χ2v) is 5.42. The van der Waals surface area contributed by atoms with Crippen molar-refractivity contribution in [3.63, 3.8) is 0 Å². The maximum absolute atomic E-state index is 5.85. The maximum Gasteiger partial charge on any atom is 0.135 e. The topological polar surface area (TPSA) is 56.7 Å². The Morgan fingerprint density at radius 3 is 2.80 bits per heavy atom. The van der Waals surface area contributed by atoms with E-state index in [-0.39, 0.29) is 0 Å². The molecule has 0 aromatic carbocycles. The van der Waals surface area contributed by atoms with Gasteiger partial charge in [-0.3, -0.25) is 4.68 Å². The van der Waals surface area contributed by atoms with Gasteiger partial charge < -0.3 is 5.73 Å². The minimum absolute atomic E-state index is 0.300. The maximum atomic E-state index is 5.85. The molecule has 4 nitrogen and oxygen atoms in total. The van der Waals surface area contributed by atoms with Crippen LogP contribution in [0.3, 0.4) is 0 Å². The Morgan fingerprint density at radius 1 is 1.53 bits per heavy atom. The Bertz CT molecular complexity index is 520. The molecule has 2 aromatic rings. The van der Waals surface area contributed by atoms with E-state index >= 15 is 0 Å². The summed E-state index contributed by atoms with van der Waals surface area (Å²) >= 11 is 5.66. The van der Waals surface area contributed by atoms with Gasteiger partial charge in [0.15, 0.2) is 0 Å². The molecule has 0 atom stereocenters. The molecule has 2 N–H and O–H groups in total. The number of nitrogens with two attached hydrogens (primary N) is 1.